The van der Waals surface area contributed by atoms with Gasteiger partial charge in [-0.15, -0.1) is 0 Å². The summed E-state index contributed by atoms with van der Waals surface area (Å²) in [5.74, 6) is 0. The molecule has 1 aromatic carbocycles. The molecule has 0 bridgehead atoms. The fourth-order valence-electron chi connectivity index (χ4n) is 2.10. The first-order chi connectivity index (χ1) is 8.17. The lowest BCUT2D eigenvalue weighted by Gasteiger charge is -2.39. The number of rotatable bonds is 2. The average molecular weight is 230 g/mol. The summed E-state index contributed by atoms with van der Waals surface area (Å²) in [6, 6.07) is 9.83. The van der Waals surface area contributed by atoms with Crippen LogP contribution in [0.3, 0.4) is 0 Å². The van der Waals surface area contributed by atoms with Gasteiger partial charge in [0.05, 0.1) is 23.3 Å². The summed E-state index contributed by atoms with van der Waals surface area (Å²) >= 11 is 0. The molecule has 0 amide bonds. The van der Waals surface area contributed by atoms with Crippen molar-refractivity contribution in [3.8, 4) is 6.07 Å². The molecule has 1 aromatic rings. The molecule has 0 radical (unpaired) electrons. The largest absolute Gasteiger partial charge is 0.365 e. The molecule has 1 saturated heterocycles. The van der Waals surface area contributed by atoms with Crippen LogP contribution < -0.4 is 5.32 Å². The van der Waals surface area contributed by atoms with Crippen LogP contribution in [0, 0.1) is 11.3 Å². The molecule has 3 nitrogen and oxygen atoms in total. The lowest BCUT2D eigenvalue weighted by Crippen LogP contribution is -2.48. The molecule has 90 valence electrons. The van der Waals surface area contributed by atoms with Crippen molar-refractivity contribution < 1.29 is 4.74 Å². The second-order valence-electron chi connectivity index (χ2n) is 4.78. The molecule has 0 aliphatic carbocycles. The summed E-state index contributed by atoms with van der Waals surface area (Å²) in [5, 5.41) is 12.3. The van der Waals surface area contributed by atoms with E-state index in [-0.39, 0.29) is 11.7 Å². The Kier molecular flexibility index (Phi) is 3.46. The van der Waals surface area contributed by atoms with E-state index in [1.54, 1.807) is 0 Å². The van der Waals surface area contributed by atoms with Crippen LogP contribution in [0.1, 0.15) is 37.5 Å². The number of morpholine rings is 1. The maximum Gasteiger partial charge on any atom is 0.0991 e. The van der Waals surface area contributed by atoms with Crippen molar-refractivity contribution >= 4 is 0 Å². The van der Waals surface area contributed by atoms with E-state index in [0.29, 0.717) is 5.56 Å². The number of nitrogens with zero attached hydrogens (tertiary/aromatic N) is 1. The summed E-state index contributed by atoms with van der Waals surface area (Å²) in [6.07, 6.45) is 1.02. The molecule has 0 spiro atoms. The van der Waals surface area contributed by atoms with Gasteiger partial charge in [0.1, 0.15) is 0 Å². The Balaban J connectivity index is 2.19. The molecule has 1 aliphatic heterocycles. The van der Waals surface area contributed by atoms with Crippen LogP contribution in [-0.4, -0.2) is 18.7 Å². The summed E-state index contributed by atoms with van der Waals surface area (Å²) < 4.78 is 6.14. The molecule has 1 fully saturated rings. The van der Waals surface area contributed by atoms with Crippen LogP contribution in [0.25, 0.3) is 0 Å². The minimum Gasteiger partial charge on any atom is -0.365 e. The fourth-order valence-corrected chi connectivity index (χ4v) is 2.10. The number of ether oxygens (including phenoxy) is 1. The predicted molar refractivity (Wildman–Crippen MR) is 66.5 cm³/mol. The zero-order valence-corrected chi connectivity index (χ0v) is 10.4. The van der Waals surface area contributed by atoms with Crippen molar-refractivity contribution in [2.75, 3.05) is 13.1 Å². The van der Waals surface area contributed by atoms with Crippen LogP contribution in [0.5, 0.6) is 0 Å². The van der Waals surface area contributed by atoms with Gasteiger partial charge in [0.15, 0.2) is 0 Å². The van der Waals surface area contributed by atoms with Gasteiger partial charge in [-0.25, -0.2) is 0 Å². The Bertz CT molecular complexity index is 438. The molecule has 2 atom stereocenters. The van der Waals surface area contributed by atoms with Crippen molar-refractivity contribution in [2.24, 2.45) is 0 Å². The van der Waals surface area contributed by atoms with Crippen molar-refractivity contribution in [3.63, 3.8) is 0 Å². The van der Waals surface area contributed by atoms with Crippen molar-refractivity contribution in [1.82, 2.24) is 5.32 Å². The van der Waals surface area contributed by atoms with Crippen molar-refractivity contribution in [2.45, 2.75) is 32.0 Å². The molecule has 0 saturated carbocycles. The van der Waals surface area contributed by atoms with E-state index in [1.165, 1.54) is 0 Å². The number of nitriles is 1. The minimum absolute atomic E-state index is 0.0435. The summed E-state index contributed by atoms with van der Waals surface area (Å²) in [5.41, 5.74) is 1.66. The Morgan fingerprint density at radius 3 is 3.12 bits per heavy atom. The second-order valence-corrected chi connectivity index (χ2v) is 4.78. The molecule has 1 heterocycles. The lowest BCUT2D eigenvalue weighted by atomic mass is 9.98. The molecule has 3 heteroatoms. The molecule has 2 unspecified atom stereocenters. The standard InChI is InChI=1S/C14H18N2O/c1-3-14(2)10-16-9-13(17-14)12-6-4-5-11(7-12)8-15/h4-7,13,16H,3,9-10H2,1-2H3. The third kappa shape index (κ3) is 2.66. The third-order valence-corrected chi connectivity index (χ3v) is 3.39. The van der Waals surface area contributed by atoms with Crippen LogP contribution in [0.4, 0.5) is 0 Å². The monoisotopic (exact) mass is 230 g/mol. The van der Waals surface area contributed by atoms with E-state index in [0.717, 1.165) is 25.1 Å². The first-order valence-corrected chi connectivity index (χ1v) is 6.05. The Hall–Kier alpha value is -1.37. The van der Waals surface area contributed by atoms with Crippen LogP contribution in [-0.2, 0) is 4.74 Å². The zero-order chi connectivity index (χ0) is 12.3. The molecule has 0 aromatic heterocycles. The molecule has 2 rings (SSSR count). The highest BCUT2D eigenvalue weighted by Gasteiger charge is 2.31. The van der Waals surface area contributed by atoms with Gasteiger partial charge in [-0.05, 0) is 31.0 Å². The molecular formula is C14H18N2O. The Morgan fingerprint density at radius 2 is 2.41 bits per heavy atom. The number of hydrogen-bond acceptors (Lipinski definition) is 3. The zero-order valence-electron chi connectivity index (χ0n) is 10.4. The lowest BCUT2D eigenvalue weighted by molar-refractivity contribution is -0.109. The normalized spacial score (nSPS) is 28.6. The van der Waals surface area contributed by atoms with Gasteiger partial charge in [-0.3, -0.25) is 0 Å². The number of hydrogen-bond donors (Lipinski definition) is 1. The second kappa shape index (κ2) is 4.87. The summed E-state index contributed by atoms with van der Waals surface area (Å²) in [6.45, 7) is 5.96. The summed E-state index contributed by atoms with van der Waals surface area (Å²) in [4.78, 5) is 0. The van der Waals surface area contributed by atoms with Gasteiger partial charge in [-0.1, -0.05) is 19.1 Å². The van der Waals surface area contributed by atoms with E-state index < -0.39 is 0 Å². The van der Waals surface area contributed by atoms with Gasteiger partial charge in [-0.2, -0.15) is 5.26 Å². The maximum atomic E-state index is 8.90. The SMILES string of the molecule is CCC1(C)CNCC(c2cccc(C#N)c2)O1. The molecular weight excluding hydrogens is 212 g/mol. The first-order valence-electron chi connectivity index (χ1n) is 6.05. The highest BCUT2D eigenvalue weighted by atomic mass is 16.5. The average Bonchev–Trinajstić information content (AvgIpc) is 2.39. The highest BCUT2D eigenvalue weighted by molar-refractivity contribution is 5.34. The van der Waals surface area contributed by atoms with E-state index >= 15 is 0 Å². The van der Waals surface area contributed by atoms with Gasteiger partial charge in [0.2, 0.25) is 0 Å². The summed E-state index contributed by atoms with van der Waals surface area (Å²) in [7, 11) is 0. The van der Waals surface area contributed by atoms with Gasteiger partial charge >= 0.3 is 0 Å². The number of benzene rings is 1. The van der Waals surface area contributed by atoms with Gasteiger partial charge in [0, 0.05) is 13.1 Å². The van der Waals surface area contributed by atoms with Crippen LogP contribution >= 0.6 is 0 Å². The van der Waals surface area contributed by atoms with Gasteiger partial charge < -0.3 is 10.1 Å². The highest BCUT2D eigenvalue weighted by Crippen LogP contribution is 2.29. The first kappa shape index (κ1) is 12.1. The van der Waals surface area contributed by atoms with E-state index in [9.17, 15) is 0 Å². The predicted octanol–water partition coefficient (Wildman–Crippen LogP) is 2.39. The van der Waals surface area contributed by atoms with Gasteiger partial charge in [0.25, 0.3) is 0 Å². The third-order valence-electron chi connectivity index (χ3n) is 3.39. The van der Waals surface area contributed by atoms with Crippen molar-refractivity contribution in [1.29, 1.82) is 5.26 Å². The quantitative estimate of drug-likeness (QED) is 0.848. The van der Waals surface area contributed by atoms with E-state index in [1.807, 2.05) is 24.3 Å². The smallest absolute Gasteiger partial charge is 0.0991 e. The van der Waals surface area contributed by atoms with Crippen LogP contribution in [0.15, 0.2) is 24.3 Å². The van der Waals surface area contributed by atoms with E-state index in [2.05, 4.69) is 25.2 Å². The Labute approximate surface area is 102 Å². The van der Waals surface area contributed by atoms with Crippen LogP contribution in [0.2, 0.25) is 0 Å². The molecule has 17 heavy (non-hydrogen) atoms. The maximum absolute atomic E-state index is 8.90. The molecule has 1 N–H and O–H groups in total. The topological polar surface area (TPSA) is 45.0 Å². The van der Waals surface area contributed by atoms with Crippen molar-refractivity contribution in [3.05, 3.63) is 35.4 Å². The minimum atomic E-state index is -0.106. The van der Waals surface area contributed by atoms with E-state index in [4.69, 9.17) is 10.00 Å². The number of nitrogens with one attached hydrogen (secondary N) is 1. The fraction of sp³-hybridized carbons (Fsp3) is 0.500. The Morgan fingerprint density at radius 1 is 1.59 bits per heavy atom. The molecule has 1 aliphatic rings.